The molecule has 2 atom stereocenters. The van der Waals surface area contributed by atoms with Crippen LogP contribution in [0.25, 0.3) is 0 Å². The Bertz CT molecular complexity index is 183. The molecule has 3 heteroatoms. The van der Waals surface area contributed by atoms with Crippen molar-refractivity contribution in [1.82, 2.24) is 5.32 Å². The van der Waals surface area contributed by atoms with E-state index in [-0.39, 0.29) is 6.04 Å². The van der Waals surface area contributed by atoms with Gasteiger partial charge in [0.25, 0.3) is 0 Å². The van der Waals surface area contributed by atoms with Gasteiger partial charge >= 0.3 is 5.97 Å². The molecule has 0 fully saturated rings. The van der Waals surface area contributed by atoms with E-state index in [9.17, 15) is 4.79 Å². The Kier molecular flexibility index (Phi) is 5.14. The molecule has 0 saturated carbocycles. The van der Waals surface area contributed by atoms with Crippen LogP contribution in [0.4, 0.5) is 0 Å². The van der Waals surface area contributed by atoms with E-state index in [4.69, 9.17) is 11.5 Å². The lowest BCUT2D eigenvalue weighted by Crippen LogP contribution is -2.40. The molecule has 0 aliphatic heterocycles. The van der Waals surface area contributed by atoms with Crippen molar-refractivity contribution in [1.29, 1.82) is 0 Å². The molecule has 0 bridgehead atoms. The molecule has 0 amide bonds. The van der Waals surface area contributed by atoms with Crippen LogP contribution in [0.1, 0.15) is 26.7 Å². The van der Waals surface area contributed by atoms with Gasteiger partial charge in [-0.15, -0.1) is 12.3 Å². The average molecular weight is 169 g/mol. The van der Waals surface area contributed by atoms with Gasteiger partial charge in [0.1, 0.15) is 6.04 Å². The van der Waals surface area contributed by atoms with Gasteiger partial charge in [0, 0.05) is 12.5 Å². The normalized spacial score (nSPS) is 14.8. The van der Waals surface area contributed by atoms with Crippen LogP contribution in [0.3, 0.4) is 0 Å². The fourth-order valence-corrected chi connectivity index (χ4v) is 0.888. The lowest BCUT2D eigenvalue weighted by molar-refractivity contribution is -0.139. The van der Waals surface area contributed by atoms with Crippen LogP contribution in [-0.2, 0) is 4.79 Å². The fourth-order valence-electron chi connectivity index (χ4n) is 0.888. The van der Waals surface area contributed by atoms with Crippen LogP contribution in [0, 0.1) is 12.3 Å². The lowest BCUT2D eigenvalue weighted by atomic mass is 10.1. The zero-order valence-electron chi connectivity index (χ0n) is 7.50. The summed E-state index contributed by atoms with van der Waals surface area (Å²) in [6.07, 6.45) is 6.55. The summed E-state index contributed by atoms with van der Waals surface area (Å²) in [5, 5.41) is 11.5. The molecule has 2 N–H and O–H groups in total. The summed E-state index contributed by atoms with van der Waals surface area (Å²) >= 11 is 0. The van der Waals surface area contributed by atoms with Crippen LogP contribution in [-0.4, -0.2) is 23.2 Å². The minimum atomic E-state index is -0.842. The molecule has 0 radical (unpaired) electrons. The lowest BCUT2D eigenvalue weighted by Gasteiger charge is -2.17. The zero-order valence-corrected chi connectivity index (χ0v) is 7.50. The predicted molar refractivity (Wildman–Crippen MR) is 47.8 cm³/mol. The van der Waals surface area contributed by atoms with Gasteiger partial charge in [-0.3, -0.25) is 4.79 Å². The molecule has 0 heterocycles. The average Bonchev–Trinajstić information content (AvgIpc) is 2.03. The number of hydrogen-bond donors (Lipinski definition) is 2. The summed E-state index contributed by atoms with van der Waals surface area (Å²) in [6.45, 7) is 3.59. The highest BCUT2D eigenvalue weighted by Gasteiger charge is 2.14. The number of terminal acetylenes is 1. The number of carboxylic acid groups (broad SMARTS) is 1. The van der Waals surface area contributed by atoms with E-state index in [0.29, 0.717) is 6.42 Å². The van der Waals surface area contributed by atoms with Crippen molar-refractivity contribution < 1.29 is 9.90 Å². The molecule has 0 rings (SSSR count). The molecule has 0 aromatic carbocycles. The zero-order chi connectivity index (χ0) is 9.56. The second kappa shape index (κ2) is 5.62. The van der Waals surface area contributed by atoms with Gasteiger partial charge in [-0.05, 0) is 13.3 Å². The molecule has 0 aliphatic rings. The Labute approximate surface area is 73.2 Å². The quantitative estimate of drug-likeness (QED) is 0.600. The first-order valence-electron chi connectivity index (χ1n) is 4.04. The van der Waals surface area contributed by atoms with E-state index in [2.05, 4.69) is 11.2 Å². The predicted octanol–water partition coefficient (Wildman–Crippen LogP) is 0.851. The molecule has 12 heavy (non-hydrogen) atoms. The Morgan fingerprint density at radius 3 is 2.67 bits per heavy atom. The molecule has 68 valence electrons. The summed E-state index contributed by atoms with van der Waals surface area (Å²) in [5.74, 6) is 1.67. The van der Waals surface area contributed by atoms with Gasteiger partial charge < -0.3 is 10.4 Å². The number of carboxylic acids is 1. The van der Waals surface area contributed by atoms with Crippen molar-refractivity contribution >= 4 is 5.97 Å². The molecule has 0 aliphatic carbocycles. The van der Waals surface area contributed by atoms with E-state index in [0.717, 1.165) is 6.42 Å². The van der Waals surface area contributed by atoms with E-state index in [1.807, 2.05) is 6.92 Å². The van der Waals surface area contributed by atoms with Crippen LogP contribution in [0.5, 0.6) is 0 Å². The Morgan fingerprint density at radius 2 is 2.33 bits per heavy atom. The third kappa shape index (κ3) is 3.99. The summed E-state index contributed by atoms with van der Waals surface area (Å²) in [5.41, 5.74) is 0. The van der Waals surface area contributed by atoms with Crippen molar-refractivity contribution in [2.75, 3.05) is 0 Å². The van der Waals surface area contributed by atoms with E-state index < -0.39 is 12.0 Å². The SMILES string of the molecule is C#CCC(CC)NC(C)C(=O)O. The number of carbonyl (C=O) groups is 1. The van der Waals surface area contributed by atoms with Crippen LogP contribution in [0.2, 0.25) is 0 Å². The van der Waals surface area contributed by atoms with Gasteiger partial charge in [0.2, 0.25) is 0 Å². The second-order valence-corrected chi connectivity index (χ2v) is 2.74. The smallest absolute Gasteiger partial charge is 0.320 e. The minimum Gasteiger partial charge on any atom is -0.480 e. The first-order chi connectivity index (χ1) is 5.61. The van der Waals surface area contributed by atoms with E-state index in [1.165, 1.54) is 0 Å². The van der Waals surface area contributed by atoms with E-state index in [1.54, 1.807) is 6.92 Å². The summed E-state index contributed by atoms with van der Waals surface area (Å²) in [6, 6.07) is -0.413. The summed E-state index contributed by atoms with van der Waals surface area (Å²) in [7, 11) is 0. The monoisotopic (exact) mass is 169 g/mol. The largest absolute Gasteiger partial charge is 0.480 e. The summed E-state index contributed by atoms with van der Waals surface area (Å²) in [4.78, 5) is 10.4. The number of nitrogens with one attached hydrogen (secondary N) is 1. The van der Waals surface area contributed by atoms with Gasteiger partial charge in [-0.1, -0.05) is 6.92 Å². The van der Waals surface area contributed by atoms with Crippen LogP contribution in [0.15, 0.2) is 0 Å². The highest BCUT2D eigenvalue weighted by molar-refractivity contribution is 5.72. The fraction of sp³-hybridized carbons (Fsp3) is 0.667. The maximum Gasteiger partial charge on any atom is 0.320 e. The first-order valence-corrected chi connectivity index (χ1v) is 4.04. The summed E-state index contributed by atoms with van der Waals surface area (Å²) < 4.78 is 0. The van der Waals surface area contributed by atoms with Crippen LogP contribution >= 0.6 is 0 Å². The van der Waals surface area contributed by atoms with Gasteiger partial charge in [0.15, 0.2) is 0 Å². The highest BCUT2D eigenvalue weighted by atomic mass is 16.4. The molecule has 0 aromatic heterocycles. The third-order valence-electron chi connectivity index (χ3n) is 1.71. The van der Waals surface area contributed by atoms with Crippen molar-refractivity contribution in [2.45, 2.75) is 38.8 Å². The van der Waals surface area contributed by atoms with Gasteiger partial charge in [-0.25, -0.2) is 0 Å². The van der Waals surface area contributed by atoms with Crippen molar-refractivity contribution in [3.05, 3.63) is 0 Å². The number of hydrogen-bond acceptors (Lipinski definition) is 2. The Morgan fingerprint density at radius 1 is 1.75 bits per heavy atom. The molecular weight excluding hydrogens is 154 g/mol. The van der Waals surface area contributed by atoms with Gasteiger partial charge in [-0.2, -0.15) is 0 Å². The molecule has 0 saturated heterocycles. The topological polar surface area (TPSA) is 49.3 Å². The molecule has 3 nitrogen and oxygen atoms in total. The van der Waals surface area contributed by atoms with Crippen molar-refractivity contribution in [3.8, 4) is 12.3 Å². The Hall–Kier alpha value is -1.01. The number of aliphatic carboxylic acids is 1. The van der Waals surface area contributed by atoms with Gasteiger partial charge in [0.05, 0.1) is 0 Å². The maximum absolute atomic E-state index is 10.4. The van der Waals surface area contributed by atoms with Crippen molar-refractivity contribution in [3.63, 3.8) is 0 Å². The highest BCUT2D eigenvalue weighted by Crippen LogP contribution is 1.97. The number of rotatable bonds is 5. The standard InChI is InChI=1S/C9H15NO2/c1-4-6-8(5-2)10-7(3)9(11)12/h1,7-8,10H,5-6H2,2-3H3,(H,11,12). The minimum absolute atomic E-state index is 0.112. The maximum atomic E-state index is 10.4. The van der Waals surface area contributed by atoms with Crippen molar-refractivity contribution in [2.24, 2.45) is 0 Å². The van der Waals surface area contributed by atoms with Crippen LogP contribution < -0.4 is 5.32 Å². The Balaban J connectivity index is 3.86. The molecular formula is C9H15NO2. The molecule has 2 unspecified atom stereocenters. The molecule has 0 aromatic rings. The third-order valence-corrected chi connectivity index (χ3v) is 1.71. The van der Waals surface area contributed by atoms with E-state index >= 15 is 0 Å². The first kappa shape index (κ1) is 11.0. The second-order valence-electron chi connectivity index (χ2n) is 2.74. The molecule has 0 spiro atoms.